The number of hydrogen-bond acceptors (Lipinski definition) is 3. The molecule has 2 amide bonds. The molecule has 0 aliphatic heterocycles. The van der Waals surface area contributed by atoms with Gasteiger partial charge in [0.25, 0.3) is 5.91 Å². The monoisotopic (exact) mass is 345 g/mol. The van der Waals surface area contributed by atoms with Crippen molar-refractivity contribution in [1.29, 1.82) is 0 Å². The molecular weight excluding hydrogens is 321 g/mol. The number of benzene rings is 1. The quantitative estimate of drug-likeness (QED) is 0.567. The number of hydrogen-bond donors (Lipinski definition) is 3. The van der Waals surface area contributed by atoms with Gasteiger partial charge in [-0.25, -0.2) is 4.39 Å². The van der Waals surface area contributed by atoms with Gasteiger partial charge in [-0.15, -0.1) is 12.4 Å². The van der Waals surface area contributed by atoms with Crippen molar-refractivity contribution >= 4 is 24.2 Å². The lowest BCUT2D eigenvalue weighted by atomic mass is 10.1. The molecular formula is C16H25ClFN3O2. The average Bonchev–Trinajstić information content (AvgIpc) is 2.52. The van der Waals surface area contributed by atoms with E-state index in [1.165, 1.54) is 24.3 Å². The number of carbonyl (C=O) groups excluding carboxylic acids is 2. The summed E-state index contributed by atoms with van der Waals surface area (Å²) in [6, 6.07) is 5.32. The molecule has 5 nitrogen and oxygen atoms in total. The number of carbonyl (C=O) groups is 2. The molecule has 0 saturated heterocycles. The van der Waals surface area contributed by atoms with E-state index in [-0.39, 0.29) is 30.0 Å². The highest BCUT2D eigenvalue weighted by atomic mass is 35.5. The first kappa shape index (κ1) is 21.3. The summed E-state index contributed by atoms with van der Waals surface area (Å²) in [5.41, 5.74) is 5.79. The summed E-state index contributed by atoms with van der Waals surface area (Å²) >= 11 is 0. The van der Waals surface area contributed by atoms with E-state index < -0.39 is 0 Å². The highest BCUT2D eigenvalue weighted by Crippen LogP contribution is 2.02. The predicted molar refractivity (Wildman–Crippen MR) is 91.1 cm³/mol. The minimum atomic E-state index is -0.379. The van der Waals surface area contributed by atoms with Crippen LogP contribution in [0.25, 0.3) is 0 Å². The molecule has 1 aromatic carbocycles. The minimum Gasteiger partial charge on any atom is -0.354 e. The van der Waals surface area contributed by atoms with Gasteiger partial charge in [-0.1, -0.05) is 12.8 Å². The van der Waals surface area contributed by atoms with Crippen molar-refractivity contribution in [2.24, 2.45) is 5.73 Å². The van der Waals surface area contributed by atoms with Crippen LogP contribution in [0.5, 0.6) is 0 Å². The summed E-state index contributed by atoms with van der Waals surface area (Å²) in [6.07, 6.45) is 4.41. The van der Waals surface area contributed by atoms with Crippen LogP contribution < -0.4 is 16.4 Å². The first-order valence-corrected chi connectivity index (χ1v) is 7.64. The third kappa shape index (κ3) is 9.86. The lowest BCUT2D eigenvalue weighted by molar-refractivity contribution is -0.121. The summed E-state index contributed by atoms with van der Waals surface area (Å²) in [4.78, 5) is 23.3. The third-order valence-electron chi connectivity index (χ3n) is 3.20. The van der Waals surface area contributed by atoms with Gasteiger partial charge in [0.15, 0.2) is 0 Å². The fourth-order valence-corrected chi connectivity index (χ4v) is 1.95. The second kappa shape index (κ2) is 12.8. The lowest BCUT2D eigenvalue weighted by Crippen LogP contribution is -2.34. The first-order chi connectivity index (χ1) is 10.6. The number of unbranched alkanes of at least 4 members (excludes halogenated alkanes) is 3. The molecule has 0 bridgehead atoms. The van der Waals surface area contributed by atoms with Crippen LogP contribution in [0, 0.1) is 5.82 Å². The largest absolute Gasteiger partial charge is 0.354 e. The van der Waals surface area contributed by atoms with Crippen LogP contribution in [0.15, 0.2) is 24.3 Å². The van der Waals surface area contributed by atoms with Gasteiger partial charge in [-0.05, 0) is 43.7 Å². The number of nitrogens with two attached hydrogens (primary N) is 1. The Hall–Kier alpha value is -1.66. The van der Waals surface area contributed by atoms with E-state index in [4.69, 9.17) is 5.73 Å². The van der Waals surface area contributed by atoms with Crippen LogP contribution in [-0.2, 0) is 4.79 Å². The number of amides is 2. The lowest BCUT2D eigenvalue weighted by Gasteiger charge is -2.07. The van der Waals surface area contributed by atoms with Crippen LogP contribution in [0.4, 0.5) is 4.39 Å². The Morgan fingerprint density at radius 1 is 0.957 bits per heavy atom. The highest BCUT2D eigenvalue weighted by molar-refractivity contribution is 5.94. The SMILES string of the molecule is Cl.NCCCCCCC(=O)NCCNC(=O)c1ccc(F)cc1. The topological polar surface area (TPSA) is 84.2 Å². The van der Waals surface area contributed by atoms with E-state index in [2.05, 4.69) is 10.6 Å². The molecule has 23 heavy (non-hydrogen) atoms. The Morgan fingerprint density at radius 3 is 2.22 bits per heavy atom. The van der Waals surface area contributed by atoms with E-state index in [1.807, 2.05) is 0 Å². The van der Waals surface area contributed by atoms with E-state index >= 15 is 0 Å². The molecule has 1 rings (SSSR count). The van der Waals surface area contributed by atoms with Crippen molar-refractivity contribution in [2.75, 3.05) is 19.6 Å². The van der Waals surface area contributed by atoms with Crippen molar-refractivity contribution in [3.05, 3.63) is 35.6 Å². The van der Waals surface area contributed by atoms with Gasteiger partial charge in [-0.2, -0.15) is 0 Å². The molecule has 0 aromatic heterocycles. The van der Waals surface area contributed by atoms with Gasteiger partial charge in [0.05, 0.1) is 0 Å². The Labute approximate surface area is 142 Å². The molecule has 130 valence electrons. The van der Waals surface area contributed by atoms with Crippen molar-refractivity contribution in [3.8, 4) is 0 Å². The maximum atomic E-state index is 12.7. The standard InChI is InChI=1S/C16H24FN3O2.ClH/c17-14-8-6-13(7-9-14)16(22)20-12-11-19-15(21)5-3-1-2-4-10-18;/h6-9H,1-5,10-12,18H2,(H,19,21)(H,20,22);1H. The summed E-state index contributed by atoms with van der Waals surface area (Å²) in [7, 11) is 0. The molecule has 1 aromatic rings. The maximum absolute atomic E-state index is 12.7. The van der Waals surface area contributed by atoms with Gasteiger partial charge < -0.3 is 16.4 Å². The number of halogens is 2. The Balaban J connectivity index is 0.00000484. The van der Waals surface area contributed by atoms with Gasteiger partial charge in [0.1, 0.15) is 5.82 Å². The second-order valence-electron chi connectivity index (χ2n) is 5.07. The van der Waals surface area contributed by atoms with Crippen LogP contribution in [0.2, 0.25) is 0 Å². The van der Waals surface area contributed by atoms with Crippen LogP contribution in [0.3, 0.4) is 0 Å². The van der Waals surface area contributed by atoms with E-state index in [1.54, 1.807) is 0 Å². The zero-order valence-electron chi connectivity index (χ0n) is 13.1. The zero-order chi connectivity index (χ0) is 16.2. The molecule has 4 N–H and O–H groups in total. The molecule has 0 heterocycles. The fourth-order valence-electron chi connectivity index (χ4n) is 1.95. The third-order valence-corrected chi connectivity index (χ3v) is 3.20. The number of rotatable bonds is 10. The van der Waals surface area contributed by atoms with Crippen LogP contribution in [-0.4, -0.2) is 31.4 Å². The van der Waals surface area contributed by atoms with Gasteiger partial charge >= 0.3 is 0 Å². The van der Waals surface area contributed by atoms with Gasteiger partial charge in [0, 0.05) is 25.1 Å². The molecule has 0 aliphatic rings. The smallest absolute Gasteiger partial charge is 0.251 e. The summed E-state index contributed by atoms with van der Waals surface area (Å²) in [6.45, 7) is 1.42. The zero-order valence-corrected chi connectivity index (χ0v) is 14.0. The molecule has 0 saturated carbocycles. The van der Waals surface area contributed by atoms with E-state index in [9.17, 15) is 14.0 Å². The van der Waals surface area contributed by atoms with Crippen molar-refractivity contribution < 1.29 is 14.0 Å². The van der Waals surface area contributed by atoms with E-state index in [0.717, 1.165) is 25.7 Å². The molecule has 0 atom stereocenters. The molecule has 0 unspecified atom stereocenters. The average molecular weight is 346 g/mol. The molecule has 7 heteroatoms. The molecule has 0 spiro atoms. The second-order valence-corrected chi connectivity index (χ2v) is 5.07. The van der Waals surface area contributed by atoms with Crippen molar-refractivity contribution in [3.63, 3.8) is 0 Å². The first-order valence-electron chi connectivity index (χ1n) is 7.64. The molecule has 0 fully saturated rings. The van der Waals surface area contributed by atoms with Crippen molar-refractivity contribution in [2.45, 2.75) is 32.1 Å². The predicted octanol–water partition coefficient (Wildman–Crippen LogP) is 2.00. The Morgan fingerprint density at radius 2 is 1.57 bits per heavy atom. The number of nitrogens with one attached hydrogen (secondary N) is 2. The van der Waals surface area contributed by atoms with Gasteiger partial charge in [-0.3, -0.25) is 9.59 Å². The van der Waals surface area contributed by atoms with Gasteiger partial charge in [0.2, 0.25) is 5.91 Å². The minimum absolute atomic E-state index is 0. The van der Waals surface area contributed by atoms with Crippen LogP contribution >= 0.6 is 12.4 Å². The van der Waals surface area contributed by atoms with Crippen LogP contribution in [0.1, 0.15) is 42.5 Å². The van der Waals surface area contributed by atoms with E-state index in [0.29, 0.717) is 31.6 Å². The summed E-state index contributed by atoms with van der Waals surface area (Å²) < 4.78 is 12.7. The Bertz CT molecular complexity index is 469. The maximum Gasteiger partial charge on any atom is 0.251 e. The summed E-state index contributed by atoms with van der Waals surface area (Å²) in [5.74, 6) is -0.671. The Kier molecular flexibility index (Phi) is 11.9. The molecule has 0 aliphatic carbocycles. The highest BCUT2D eigenvalue weighted by Gasteiger charge is 2.05. The normalized spacial score (nSPS) is 9.83. The fraction of sp³-hybridized carbons (Fsp3) is 0.500. The summed E-state index contributed by atoms with van der Waals surface area (Å²) in [5, 5.41) is 5.42. The molecule has 0 radical (unpaired) electrons. The van der Waals surface area contributed by atoms with Crippen molar-refractivity contribution in [1.82, 2.24) is 10.6 Å².